The summed E-state index contributed by atoms with van der Waals surface area (Å²) in [5, 5.41) is 10.7. The number of methoxy groups -OCH3 is 1. The van der Waals surface area contributed by atoms with Crippen LogP contribution in [0.25, 0.3) is 0 Å². The van der Waals surface area contributed by atoms with Crippen LogP contribution in [0.15, 0.2) is 18.2 Å². The average molecular weight is 274 g/mol. The number of anilines is 1. The van der Waals surface area contributed by atoms with Gasteiger partial charge in [0, 0.05) is 6.54 Å². The van der Waals surface area contributed by atoms with Gasteiger partial charge in [-0.2, -0.15) is 0 Å². The summed E-state index contributed by atoms with van der Waals surface area (Å²) in [5.41, 5.74) is 0.965. The second kappa shape index (κ2) is 5.58. The summed E-state index contributed by atoms with van der Waals surface area (Å²) in [6.07, 6.45) is -0.0981. The lowest BCUT2D eigenvalue weighted by Gasteiger charge is -2.11. The lowest BCUT2D eigenvalue weighted by Crippen LogP contribution is -2.20. The lowest BCUT2D eigenvalue weighted by atomic mass is 10.2. The van der Waals surface area contributed by atoms with Crippen LogP contribution in [-0.4, -0.2) is 33.0 Å². The quantitative estimate of drug-likeness (QED) is 0.737. The SMILES string of the molecule is COc1cc(CNC(=O)O)ccc1NS(C)(=O)=O. The third-order valence-electron chi connectivity index (χ3n) is 2.01. The van der Waals surface area contributed by atoms with Crippen LogP contribution >= 0.6 is 0 Å². The maximum Gasteiger partial charge on any atom is 0.404 e. The molecule has 0 aliphatic heterocycles. The van der Waals surface area contributed by atoms with Crippen molar-refractivity contribution < 1.29 is 23.1 Å². The number of carbonyl (C=O) groups is 1. The predicted molar refractivity (Wildman–Crippen MR) is 66.3 cm³/mol. The summed E-state index contributed by atoms with van der Waals surface area (Å²) < 4.78 is 29.6. The summed E-state index contributed by atoms with van der Waals surface area (Å²) in [6, 6.07) is 4.67. The number of benzene rings is 1. The van der Waals surface area contributed by atoms with Gasteiger partial charge >= 0.3 is 6.09 Å². The normalized spacial score (nSPS) is 10.8. The summed E-state index contributed by atoms with van der Waals surface area (Å²) >= 11 is 0. The number of sulfonamides is 1. The molecule has 8 heteroatoms. The van der Waals surface area contributed by atoms with Crippen molar-refractivity contribution in [1.29, 1.82) is 0 Å². The summed E-state index contributed by atoms with van der Waals surface area (Å²) in [4.78, 5) is 10.3. The number of hydrogen-bond acceptors (Lipinski definition) is 4. The molecule has 0 aromatic heterocycles. The Morgan fingerprint density at radius 2 is 2.11 bits per heavy atom. The molecule has 100 valence electrons. The van der Waals surface area contributed by atoms with Gasteiger partial charge < -0.3 is 15.2 Å². The predicted octanol–water partition coefficient (Wildman–Crippen LogP) is 0.834. The third kappa shape index (κ3) is 4.50. The molecular formula is C10H14N2O5S. The molecule has 0 unspecified atom stereocenters. The highest BCUT2D eigenvalue weighted by Gasteiger charge is 2.09. The number of hydrogen-bond donors (Lipinski definition) is 3. The fraction of sp³-hybridized carbons (Fsp3) is 0.300. The van der Waals surface area contributed by atoms with Crippen LogP contribution in [0.1, 0.15) is 5.56 Å². The van der Waals surface area contributed by atoms with Gasteiger partial charge in [-0.25, -0.2) is 13.2 Å². The minimum atomic E-state index is -3.39. The van der Waals surface area contributed by atoms with Gasteiger partial charge in [0.2, 0.25) is 10.0 Å². The van der Waals surface area contributed by atoms with Gasteiger partial charge in [0.25, 0.3) is 0 Å². The lowest BCUT2D eigenvalue weighted by molar-refractivity contribution is 0.194. The van der Waals surface area contributed by atoms with Crippen molar-refractivity contribution in [1.82, 2.24) is 5.32 Å². The molecular weight excluding hydrogens is 260 g/mol. The smallest absolute Gasteiger partial charge is 0.404 e. The molecule has 0 heterocycles. The molecule has 3 N–H and O–H groups in total. The minimum absolute atomic E-state index is 0.116. The Kier molecular flexibility index (Phi) is 4.38. The molecule has 0 atom stereocenters. The molecule has 1 aromatic rings. The highest BCUT2D eigenvalue weighted by molar-refractivity contribution is 7.92. The van der Waals surface area contributed by atoms with Gasteiger partial charge in [-0.05, 0) is 17.7 Å². The Balaban J connectivity index is 2.93. The van der Waals surface area contributed by atoms with Gasteiger partial charge in [-0.3, -0.25) is 4.72 Å². The number of ether oxygens (including phenoxy) is 1. The Morgan fingerprint density at radius 1 is 1.44 bits per heavy atom. The van der Waals surface area contributed by atoms with E-state index in [9.17, 15) is 13.2 Å². The second-order valence-corrected chi connectivity index (χ2v) is 5.32. The van der Waals surface area contributed by atoms with Crippen molar-refractivity contribution in [3.63, 3.8) is 0 Å². The van der Waals surface area contributed by atoms with E-state index in [0.717, 1.165) is 6.26 Å². The van der Waals surface area contributed by atoms with E-state index >= 15 is 0 Å². The second-order valence-electron chi connectivity index (χ2n) is 3.57. The third-order valence-corrected chi connectivity index (χ3v) is 2.60. The van der Waals surface area contributed by atoms with E-state index in [-0.39, 0.29) is 6.54 Å². The van der Waals surface area contributed by atoms with Crippen molar-refractivity contribution in [2.75, 3.05) is 18.1 Å². The van der Waals surface area contributed by atoms with Crippen LogP contribution in [0, 0.1) is 0 Å². The maximum atomic E-state index is 11.1. The monoisotopic (exact) mass is 274 g/mol. The molecule has 18 heavy (non-hydrogen) atoms. The summed E-state index contributed by atoms with van der Waals surface area (Å²) in [6.45, 7) is 0.116. The van der Waals surface area contributed by atoms with Crippen LogP contribution in [0.5, 0.6) is 5.75 Å². The zero-order valence-corrected chi connectivity index (χ0v) is 10.7. The number of amides is 1. The first kappa shape index (κ1) is 14.1. The van der Waals surface area contributed by atoms with E-state index in [2.05, 4.69) is 10.0 Å². The van der Waals surface area contributed by atoms with Gasteiger partial charge in [-0.1, -0.05) is 6.07 Å². The summed E-state index contributed by atoms with van der Waals surface area (Å²) in [5.74, 6) is 0.324. The first-order valence-corrected chi connectivity index (χ1v) is 6.82. The molecule has 0 fully saturated rings. The summed E-state index contributed by atoms with van der Waals surface area (Å²) in [7, 11) is -1.99. The largest absolute Gasteiger partial charge is 0.495 e. The highest BCUT2D eigenvalue weighted by Crippen LogP contribution is 2.26. The molecule has 1 amide bonds. The first-order valence-electron chi connectivity index (χ1n) is 4.93. The van der Waals surface area contributed by atoms with Crippen LogP contribution < -0.4 is 14.8 Å². The molecule has 1 aromatic carbocycles. The molecule has 0 aliphatic rings. The van der Waals surface area contributed by atoms with E-state index in [1.54, 1.807) is 12.1 Å². The van der Waals surface area contributed by atoms with Crippen molar-refractivity contribution in [2.24, 2.45) is 0 Å². The Bertz CT molecular complexity index is 541. The van der Waals surface area contributed by atoms with Crippen LogP contribution in [0.3, 0.4) is 0 Å². The fourth-order valence-corrected chi connectivity index (χ4v) is 1.88. The van der Waals surface area contributed by atoms with Gasteiger partial charge in [0.05, 0.1) is 19.1 Å². The number of carboxylic acid groups (broad SMARTS) is 1. The zero-order valence-electron chi connectivity index (χ0n) is 9.93. The van der Waals surface area contributed by atoms with Crippen molar-refractivity contribution in [3.8, 4) is 5.75 Å². The number of nitrogens with one attached hydrogen (secondary N) is 2. The standard InChI is InChI=1S/C10H14N2O5S/c1-17-9-5-7(6-11-10(13)14)3-4-8(9)12-18(2,15)16/h3-5,11-12H,6H2,1-2H3,(H,13,14). The van der Waals surface area contributed by atoms with Crippen molar-refractivity contribution in [3.05, 3.63) is 23.8 Å². The average Bonchev–Trinajstić information content (AvgIpc) is 2.25. The molecule has 0 aliphatic carbocycles. The molecule has 1 rings (SSSR count). The van der Waals surface area contributed by atoms with Gasteiger partial charge in [0.1, 0.15) is 5.75 Å². The van der Waals surface area contributed by atoms with Gasteiger partial charge in [-0.15, -0.1) is 0 Å². The van der Waals surface area contributed by atoms with E-state index < -0.39 is 16.1 Å². The Hall–Kier alpha value is -1.96. The highest BCUT2D eigenvalue weighted by atomic mass is 32.2. The molecule has 0 saturated heterocycles. The van der Waals surface area contributed by atoms with Crippen LogP contribution in [0.2, 0.25) is 0 Å². The minimum Gasteiger partial charge on any atom is -0.495 e. The first-order chi connectivity index (χ1) is 8.31. The van der Waals surface area contributed by atoms with E-state index in [1.165, 1.54) is 13.2 Å². The van der Waals surface area contributed by atoms with Crippen molar-refractivity contribution >= 4 is 21.8 Å². The molecule has 0 saturated carbocycles. The zero-order chi connectivity index (χ0) is 13.8. The Labute approximate surface area is 105 Å². The van der Waals surface area contributed by atoms with E-state index in [4.69, 9.17) is 9.84 Å². The number of rotatable bonds is 5. The van der Waals surface area contributed by atoms with Crippen molar-refractivity contribution in [2.45, 2.75) is 6.54 Å². The van der Waals surface area contributed by atoms with Gasteiger partial charge in [0.15, 0.2) is 0 Å². The molecule has 0 radical (unpaired) electrons. The Morgan fingerprint density at radius 3 is 2.61 bits per heavy atom. The topological polar surface area (TPSA) is 105 Å². The molecule has 0 spiro atoms. The fourth-order valence-electron chi connectivity index (χ4n) is 1.31. The molecule has 7 nitrogen and oxygen atoms in total. The molecule has 0 bridgehead atoms. The van der Waals surface area contributed by atoms with Crippen LogP contribution in [-0.2, 0) is 16.6 Å². The maximum absolute atomic E-state index is 11.1. The van der Waals surface area contributed by atoms with E-state index in [0.29, 0.717) is 17.0 Å². The van der Waals surface area contributed by atoms with Crippen LogP contribution in [0.4, 0.5) is 10.5 Å². The van der Waals surface area contributed by atoms with E-state index in [1.807, 2.05) is 0 Å².